The summed E-state index contributed by atoms with van der Waals surface area (Å²) < 4.78 is 36.5. The fourth-order valence-corrected chi connectivity index (χ4v) is 8.53. The summed E-state index contributed by atoms with van der Waals surface area (Å²) in [6, 6.07) is 9.90. The average molecular weight is 720 g/mol. The third-order valence-corrected chi connectivity index (χ3v) is 11.0. The summed E-state index contributed by atoms with van der Waals surface area (Å²) in [7, 11) is -2.79. The fourth-order valence-electron chi connectivity index (χ4n) is 4.85. The van der Waals surface area contributed by atoms with Crippen LogP contribution in [0.25, 0.3) is 0 Å². The van der Waals surface area contributed by atoms with E-state index in [9.17, 15) is 23.3 Å². The zero-order chi connectivity index (χ0) is 32.1. The molecule has 0 aliphatic rings. The van der Waals surface area contributed by atoms with Crippen LogP contribution in [0.4, 0.5) is 0 Å². The van der Waals surface area contributed by atoms with Crippen molar-refractivity contribution in [2.24, 2.45) is 0 Å². The van der Waals surface area contributed by atoms with Gasteiger partial charge in [0.05, 0.1) is 26.3 Å². The Morgan fingerprint density at radius 1 is 1.18 bits per heavy atom. The number of nitriles is 1. The van der Waals surface area contributed by atoms with Crippen molar-refractivity contribution in [3.8, 4) is 11.8 Å². The molecule has 0 aliphatic heterocycles. The smallest absolute Gasteiger partial charge is 0.273 e. The van der Waals surface area contributed by atoms with E-state index >= 15 is 0 Å². The Balaban J connectivity index is 1.94. The van der Waals surface area contributed by atoms with E-state index in [4.69, 9.17) is 4.74 Å². The molecule has 4 aromatic rings. The van der Waals surface area contributed by atoms with Crippen LogP contribution in [-0.4, -0.2) is 52.5 Å². The number of sulfonamides is 1. The van der Waals surface area contributed by atoms with Crippen LogP contribution < -0.4 is 9.46 Å². The zero-order valence-electron chi connectivity index (χ0n) is 24.5. The number of aromatic nitrogens is 3. The minimum absolute atomic E-state index is 0.0663. The van der Waals surface area contributed by atoms with Gasteiger partial charge in [-0.05, 0) is 41.5 Å². The fraction of sp³-hybridized carbons (Fsp3) is 0.345. The van der Waals surface area contributed by atoms with Crippen LogP contribution in [0, 0.1) is 11.3 Å². The molecule has 0 saturated carbocycles. The number of halogens is 1. The molecule has 232 valence electrons. The third kappa shape index (κ3) is 7.20. The lowest BCUT2D eigenvalue weighted by Crippen LogP contribution is -2.63. The Morgan fingerprint density at radius 3 is 2.52 bits per heavy atom. The van der Waals surface area contributed by atoms with E-state index in [0.717, 1.165) is 16.9 Å². The first-order valence-electron chi connectivity index (χ1n) is 13.4. The van der Waals surface area contributed by atoms with Crippen LogP contribution in [0.1, 0.15) is 54.5 Å². The molecule has 11 nitrogen and oxygen atoms in total. The van der Waals surface area contributed by atoms with E-state index in [1.54, 1.807) is 47.4 Å². The maximum absolute atomic E-state index is 14.7. The van der Waals surface area contributed by atoms with Gasteiger partial charge >= 0.3 is 0 Å². The van der Waals surface area contributed by atoms with Crippen molar-refractivity contribution in [3.05, 3.63) is 80.3 Å². The number of hydrogen-bond acceptors (Lipinski definition) is 10. The summed E-state index contributed by atoms with van der Waals surface area (Å²) in [6.07, 6.45) is 4.34. The van der Waals surface area contributed by atoms with Crippen molar-refractivity contribution >= 4 is 60.4 Å². The van der Waals surface area contributed by atoms with Gasteiger partial charge in [0.15, 0.2) is 0 Å². The third-order valence-electron chi connectivity index (χ3n) is 6.85. The Morgan fingerprint density at radius 2 is 1.95 bits per heavy atom. The second-order valence-electron chi connectivity index (χ2n) is 10.9. The topological polar surface area (TPSA) is 147 Å². The number of hydrogen-bond donors (Lipinski definition) is 1. The van der Waals surface area contributed by atoms with E-state index < -0.39 is 27.4 Å². The zero-order valence-corrected chi connectivity index (χ0v) is 28.5. The largest absolute Gasteiger partial charge is 0.496 e. The van der Waals surface area contributed by atoms with E-state index in [2.05, 4.69) is 36.8 Å². The molecule has 44 heavy (non-hydrogen) atoms. The number of nitrogens with one attached hydrogen (secondary N) is 1. The summed E-state index contributed by atoms with van der Waals surface area (Å²) >= 11 is 5.83. The molecule has 0 radical (unpaired) electrons. The van der Waals surface area contributed by atoms with Gasteiger partial charge in [0.2, 0.25) is 0 Å². The molecular formula is C29H31BrN6O5S3. The normalized spacial score (nSPS) is 13.1. The summed E-state index contributed by atoms with van der Waals surface area (Å²) in [4.78, 5) is 34.7. The van der Waals surface area contributed by atoms with Crippen molar-refractivity contribution in [1.82, 2.24) is 24.4 Å². The Kier molecular flexibility index (Phi) is 10.3. The standard InChI is InChI=1S/C29H31BrN6O5S3/c1-28(2,3)25-21(30)16-20(17-22(25)41-4)26(37)36(18-23-32-12-15-42-23)29(9-6-10-31,19-35-13-7-11-33-35)27(38)34-44(39,40)24-8-5-14-43-24/h5,7-8,11-17H,6,9,18-19H2,1-4H3,(H,34,38). The number of rotatable bonds is 12. The van der Waals surface area contributed by atoms with Crippen LogP contribution in [0.3, 0.4) is 0 Å². The molecule has 3 aromatic heterocycles. The van der Waals surface area contributed by atoms with Crippen LogP contribution in [0.15, 0.2) is 68.4 Å². The molecule has 3 heterocycles. The van der Waals surface area contributed by atoms with Crippen LogP contribution in [0.5, 0.6) is 5.75 Å². The van der Waals surface area contributed by atoms with Gasteiger partial charge in [-0.15, -0.1) is 22.7 Å². The number of benzene rings is 1. The highest BCUT2D eigenvalue weighted by Gasteiger charge is 2.49. The van der Waals surface area contributed by atoms with Crippen molar-refractivity contribution in [2.75, 3.05) is 7.11 Å². The van der Waals surface area contributed by atoms with Crippen molar-refractivity contribution in [2.45, 2.75) is 61.9 Å². The minimum atomic E-state index is -4.30. The molecule has 1 N–H and O–H groups in total. The van der Waals surface area contributed by atoms with Gasteiger partial charge in [-0.1, -0.05) is 42.8 Å². The molecular weight excluding hydrogens is 688 g/mol. The number of thiophene rings is 1. The highest BCUT2D eigenvalue weighted by molar-refractivity contribution is 9.10. The lowest BCUT2D eigenvalue weighted by atomic mass is 9.85. The molecule has 0 bridgehead atoms. The van der Waals surface area contributed by atoms with Gasteiger partial charge in [-0.2, -0.15) is 10.4 Å². The number of carbonyl (C=O) groups is 2. The minimum Gasteiger partial charge on any atom is -0.496 e. The first kappa shape index (κ1) is 33.3. The first-order chi connectivity index (χ1) is 20.8. The van der Waals surface area contributed by atoms with Crippen LogP contribution in [0.2, 0.25) is 0 Å². The molecule has 1 atom stereocenters. The Hall–Kier alpha value is -3.58. The molecule has 2 amide bonds. The molecule has 0 spiro atoms. The first-order valence-corrected chi connectivity index (χ1v) is 17.4. The SMILES string of the molecule is COc1cc(C(=O)N(Cc2nccs2)C(CCC#N)(Cn2cccn2)C(=O)NS(=O)(=O)c2cccs2)cc(Br)c1C(C)(C)C. The number of amides is 2. The number of thiazole rings is 1. The van der Waals surface area contributed by atoms with Crippen molar-refractivity contribution < 1.29 is 22.7 Å². The Bertz CT molecular complexity index is 1750. The Labute approximate surface area is 272 Å². The molecule has 0 saturated heterocycles. The molecule has 1 unspecified atom stereocenters. The predicted molar refractivity (Wildman–Crippen MR) is 171 cm³/mol. The number of methoxy groups -OCH3 is 1. The van der Waals surface area contributed by atoms with Gasteiger partial charge in [0.25, 0.3) is 21.8 Å². The lowest BCUT2D eigenvalue weighted by Gasteiger charge is -2.42. The van der Waals surface area contributed by atoms with E-state index in [0.29, 0.717) is 15.2 Å². The van der Waals surface area contributed by atoms with Crippen LogP contribution in [-0.2, 0) is 33.3 Å². The maximum atomic E-state index is 14.7. The predicted octanol–water partition coefficient (Wildman–Crippen LogP) is 5.36. The lowest BCUT2D eigenvalue weighted by molar-refractivity contribution is -0.132. The van der Waals surface area contributed by atoms with E-state index in [1.807, 2.05) is 20.8 Å². The van der Waals surface area contributed by atoms with Gasteiger partial charge in [-0.25, -0.2) is 18.1 Å². The molecule has 0 aliphatic carbocycles. The van der Waals surface area contributed by atoms with Crippen molar-refractivity contribution in [3.63, 3.8) is 0 Å². The summed E-state index contributed by atoms with van der Waals surface area (Å²) in [5.74, 6) is -1.10. The summed E-state index contributed by atoms with van der Waals surface area (Å²) in [6.45, 7) is 5.67. The number of ether oxygens (including phenoxy) is 1. The quantitative estimate of drug-likeness (QED) is 0.206. The summed E-state index contributed by atoms with van der Waals surface area (Å²) in [5, 5.41) is 17.7. The van der Waals surface area contributed by atoms with Gasteiger partial charge in [0.1, 0.15) is 20.5 Å². The number of nitrogens with zero attached hydrogens (tertiary/aromatic N) is 5. The maximum Gasteiger partial charge on any atom is 0.273 e. The van der Waals surface area contributed by atoms with E-state index in [1.165, 1.54) is 40.3 Å². The van der Waals surface area contributed by atoms with E-state index in [-0.39, 0.29) is 41.1 Å². The number of carbonyl (C=O) groups excluding carboxylic acids is 2. The second kappa shape index (κ2) is 13.6. The van der Waals surface area contributed by atoms with Gasteiger partial charge < -0.3 is 9.64 Å². The molecule has 4 rings (SSSR count). The monoisotopic (exact) mass is 718 g/mol. The van der Waals surface area contributed by atoms with Gasteiger partial charge in [0, 0.05) is 46.0 Å². The molecule has 15 heteroatoms. The average Bonchev–Trinajstić information content (AvgIpc) is 3.77. The van der Waals surface area contributed by atoms with Crippen molar-refractivity contribution in [1.29, 1.82) is 5.26 Å². The second-order valence-corrected chi connectivity index (χ2v) is 15.6. The highest BCUT2D eigenvalue weighted by atomic mass is 79.9. The van der Waals surface area contributed by atoms with Crippen LogP contribution >= 0.6 is 38.6 Å². The summed E-state index contributed by atoms with van der Waals surface area (Å²) in [5.41, 5.74) is -1.19. The van der Waals surface area contributed by atoms with Gasteiger partial charge in [-0.3, -0.25) is 14.3 Å². The highest BCUT2D eigenvalue weighted by Crippen LogP contribution is 2.39. The molecule has 0 fully saturated rings. The molecule has 1 aromatic carbocycles.